The average Bonchev–Trinajstić information content (AvgIpc) is 2.29. The van der Waals surface area contributed by atoms with Crippen molar-refractivity contribution in [3.05, 3.63) is 28.2 Å². The lowest BCUT2D eigenvalue weighted by Crippen LogP contribution is -2.35. The van der Waals surface area contributed by atoms with E-state index >= 15 is 0 Å². The van der Waals surface area contributed by atoms with Gasteiger partial charge in [0.25, 0.3) is 5.91 Å². The van der Waals surface area contributed by atoms with Crippen LogP contribution in [0.3, 0.4) is 0 Å². The maximum Gasteiger partial charge on any atom is 0.260 e. The summed E-state index contributed by atoms with van der Waals surface area (Å²) in [7, 11) is 1.57. The van der Waals surface area contributed by atoms with Crippen molar-refractivity contribution in [1.82, 2.24) is 5.32 Å². The molecule has 5 heteroatoms. The summed E-state index contributed by atoms with van der Waals surface area (Å²) in [4.78, 5) is 11.4. The molecule has 1 aromatic rings. The van der Waals surface area contributed by atoms with Gasteiger partial charge in [0.15, 0.2) is 6.10 Å². The van der Waals surface area contributed by atoms with Crippen LogP contribution in [0.25, 0.3) is 0 Å². The van der Waals surface area contributed by atoms with Gasteiger partial charge in [0.1, 0.15) is 5.75 Å². The van der Waals surface area contributed by atoms with Crippen LogP contribution < -0.4 is 10.1 Å². The molecule has 0 aromatic heterocycles. The van der Waals surface area contributed by atoms with Gasteiger partial charge in [0, 0.05) is 13.1 Å². The van der Waals surface area contributed by atoms with Gasteiger partial charge in [0.2, 0.25) is 0 Å². The lowest BCUT2D eigenvalue weighted by molar-refractivity contribution is -0.127. The standard InChI is InChI=1S/C11H13Cl2NO2/c1-3-10(11(15)14-2)16-7-4-5-8(12)9(13)6-7/h4-6,10H,3H2,1-2H3,(H,14,15). The Hall–Kier alpha value is -0.930. The molecule has 0 bridgehead atoms. The number of ether oxygens (including phenoxy) is 1. The second-order valence-electron chi connectivity index (χ2n) is 3.20. The Balaban J connectivity index is 2.78. The first-order valence-electron chi connectivity index (χ1n) is 4.91. The quantitative estimate of drug-likeness (QED) is 0.906. The predicted octanol–water partition coefficient (Wildman–Crippen LogP) is 2.90. The van der Waals surface area contributed by atoms with E-state index in [4.69, 9.17) is 27.9 Å². The number of nitrogens with one attached hydrogen (secondary N) is 1. The SMILES string of the molecule is CCC(Oc1ccc(Cl)c(Cl)c1)C(=O)NC. The number of amides is 1. The number of benzene rings is 1. The zero-order chi connectivity index (χ0) is 12.1. The molecule has 0 fully saturated rings. The van der Waals surface area contributed by atoms with Gasteiger partial charge in [-0.1, -0.05) is 30.1 Å². The minimum absolute atomic E-state index is 0.159. The maximum atomic E-state index is 11.4. The Morgan fingerprint density at radius 2 is 2.12 bits per heavy atom. The molecule has 0 saturated heterocycles. The van der Waals surface area contributed by atoms with Crippen molar-refractivity contribution in [3.8, 4) is 5.75 Å². The largest absolute Gasteiger partial charge is 0.481 e. The van der Waals surface area contributed by atoms with Gasteiger partial charge in [-0.25, -0.2) is 0 Å². The van der Waals surface area contributed by atoms with Crippen LogP contribution >= 0.6 is 23.2 Å². The van der Waals surface area contributed by atoms with Crippen LogP contribution in [0, 0.1) is 0 Å². The molecular formula is C11H13Cl2NO2. The smallest absolute Gasteiger partial charge is 0.260 e. The molecular weight excluding hydrogens is 249 g/mol. The second kappa shape index (κ2) is 5.97. The number of likely N-dealkylation sites (N-methyl/N-ethyl adjacent to an activating group) is 1. The highest BCUT2D eigenvalue weighted by Gasteiger charge is 2.16. The summed E-state index contributed by atoms with van der Waals surface area (Å²) < 4.78 is 5.50. The highest BCUT2D eigenvalue weighted by molar-refractivity contribution is 6.42. The highest BCUT2D eigenvalue weighted by atomic mass is 35.5. The van der Waals surface area contributed by atoms with Crippen molar-refractivity contribution in [2.24, 2.45) is 0 Å². The van der Waals surface area contributed by atoms with Gasteiger partial charge in [-0.3, -0.25) is 4.79 Å². The van der Waals surface area contributed by atoms with Crippen LogP contribution in [-0.4, -0.2) is 19.1 Å². The van der Waals surface area contributed by atoms with Gasteiger partial charge in [-0.15, -0.1) is 0 Å². The summed E-state index contributed by atoms with van der Waals surface area (Å²) in [5.74, 6) is 0.374. The Kier molecular flexibility index (Phi) is 4.90. The fourth-order valence-corrected chi connectivity index (χ4v) is 1.49. The van der Waals surface area contributed by atoms with Crippen LogP contribution in [0.1, 0.15) is 13.3 Å². The van der Waals surface area contributed by atoms with Crippen LogP contribution in [0.2, 0.25) is 10.0 Å². The molecule has 1 unspecified atom stereocenters. The Bertz CT molecular complexity index is 382. The van der Waals surface area contributed by atoms with Crippen molar-refractivity contribution in [2.75, 3.05) is 7.05 Å². The molecule has 0 heterocycles. The zero-order valence-electron chi connectivity index (χ0n) is 9.09. The van der Waals surface area contributed by atoms with Crippen molar-refractivity contribution < 1.29 is 9.53 Å². The summed E-state index contributed by atoms with van der Waals surface area (Å²) >= 11 is 11.6. The molecule has 0 spiro atoms. The Morgan fingerprint density at radius 3 is 2.62 bits per heavy atom. The van der Waals surface area contributed by atoms with Gasteiger partial charge in [-0.05, 0) is 18.6 Å². The van der Waals surface area contributed by atoms with Gasteiger partial charge in [-0.2, -0.15) is 0 Å². The Morgan fingerprint density at radius 1 is 1.44 bits per heavy atom. The number of hydrogen-bond donors (Lipinski definition) is 1. The minimum atomic E-state index is -0.512. The molecule has 0 aliphatic carbocycles. The number of halogens is 2. The zero-order valence-corrected chi connectivity index (χ0v) is 10.6. The summed E-state index contributed by atoms with van der Waals surface area (Å²) in [5.41, 5.74) is 0. The van der Waals surface area contributed by atoms with Gasteiger partial charge < -0.3 is 10.1 Å². The predicted molar refractivity (Wildman–Crippen MR) is 65.2 cm³/mol. The molecule has 88 valence electrons. The van der Waals surface area contributed by atoms with Crippen LogP contribution in [0.15, 0.2) is 18.2 Å². The van der Waals surface area contributed by atoms with E-state index in [1.165, 1.54) is 0 Å². The van der Waals surface area contributed by atoms with E-state index in [0.717, 1.165) is 0 Å². The summed E-state index contributed by atoms with van der Waals surface area (Å²) in [5, 5.41) is 3.41. The molecule has 1 atom stereocenters. The normalized spacial score (nSPS) is 12.0. The van der Waals surface area contributed by atoms with Gasteiger partial charge >= 0.3 is 0 Å². The second-order valence-corrected chi connectivity index (χ2v) is 4.02. The third-order valence-corrected chi connectivity index (χ3v) is 2.82. The Labute approximate surface area is 105 Å². The van der Waals surface area contributed by atoms with E-state index in [1.54, 1.807) is 25.2 Å². The highest BCUT2D eigenvalue weighted by Crippen LogP contribution is 2.27. The minimum Gasteiger partial charge on any atom is -0.481 e. The lowest BCUT2D eigenvalue weighted by Gasteiger charge is -2.16. The summed E-state index contributed by atoms with van der Waals surface area (Å²) in [6.45, 7) is 1.87. The number of carbonyl (C=O) groups excluding carboxylic acids is 1. The molecule has 0 radical (unpaired) electrons. The molecule has 1 rings (SSSR count). The molecule has 1 aromatic carbocycles. The first-order valence-corrected chi connectivity index (χ1v) is 5.67. The van der Waals surface area contributed by atoms with Crippen molar-refractivity contribution in [3.63, 3.8) is 0 Å². The first-order chi connectivity index (χ1) is 7.58. The third kappa shape index (κ3) is 3.29. The van der Waals surface area contributed by atoms with E-state index in [2.05, 4.69) is 5.32 Å². The summed E-state index contributed by atoms with van der Waals surface area (Å²) in [6, 6.07) is 4.91. The van der Waals surface area contributed by atoms with Crippen LogP contribution in [-0.2, 0) is 4.79 Å². The van der Waals surface area contributed by atoms with Crippen molar-refractivity contribution >= 4 is 29.1 Å². The molecule has 3 nitrogen and oxygen atoms in total. The molecule has 0 aliphatic heterocycles. The van der Waals surface area contributed by atoms with Crippen molar-refractivity contribution in [2.45, 2.75) is 19.4 Å². The monoisotopic (exact) mass is 261 g/mol. The molecule has 1 N–H and O–H groups in total. The van der Waals surface area contributed by atoms with Gasteiger partial charge in [0.05, 0.1) is 10.0 Å². The lowest BCUT2D eigenvalue weighted by atomic mass is 10.2. The van der Waals surface area contributed by atoms with E-state index in [9.17, 15) is 4.79 Å². The molecule has 0 saturated carbocycles. The fourth-order valence-electron chi connectivity index (χ4n) is 1.20. The van der Waals surface area contributed by atoms with Crippen molar-refractivity contribution in [1.29, 1.82) is 0 Å². The van der Waals surface area contributed by atoms with Crippen LogP contribution in [0.5, 0.6) is 5.75 Å². The van der Waals surface area contributed by atoms with E-state index in [-0.39, 0.29) is 5.91 Å². The molecule has 1 amide bonds. The topological polar surface area (TPSA) is 38.3 Å². The first kappa shape index (κ1) is 13.1. The van der Waals surface area contributed by atoms with E-state index < -0.39 is 6.10 Å². The molecule has 0 aliphatic rings. The fraction of sp³-hybridized carbons (Fsp3) is 0.364. The van der Waals surface area contributed by atoms with E-state index in [1.807, 2.05) is 6.92 Å². The maximum absolute atomic E-state index is 11.4. The summed E-state index contributed by atoms with van der Waals surface area (Å²) in [6.07, 6.45) is 0.0714. The molecule has 16 heavy (non-hydrogen) atoms. The number of hydrogen-bond acceptors (Lipinski definition) is 2. The number of carbonyl (C=O) groups is 1. The van der Waals surface area contributed by atoms with Crippen LogP contribution in [0.4, 0.5) is 0 Å². The van der Waals surface area contributed by atoms with E-state index in [0.29, 0.717) is 22.2 Å². The average molecular weight is 262 g/mol. The number of rotatable bonds is 4. The third-order valence-electron chi connectivity index (χ3n) is 2.08.